The van der Waals surface area contributed by atoms with Crippen LogP contribution in [-0.4, -0.2) is 62.2 Å². The highest BCUT2D eigenvalue weighted by atomic mass is 32.2. The molecule has 0 bridgehead atoms. The van der Waals surface area contributed by atoms with Gasteiger partial charge in [-0.3, -0.25) is 4.90 Å². The van der Waals surface area contributed by atoms with Gasteiger partial charge in [0, 0.05) is 46.8 Å². The normalized spacial score (nSPS) is 18.3. The smallest absolute Gasteiger partial charge is 0.281 e. The summed E-state index contributed by atoms with van der Waals surface area (Å²) in [7, 11) is -0.252. The minimum Gasteiger partial charge on any atom is -0.296 e. The van der Waals surface area contributed by atoms with Crippen molar-refractivity contribution in [1.29, 1.82) is 0 Å². The monoisotopic (exact) mass is 315 g/mol. The molecule has 21 heavy (non-hydrogen) atoms. The second-order valence-electron chi connectivity index (χ2n) is 5.60. The van der Waals surface area contributed by atoms with Crippen LogP contribution < -0.4 is 0 Å². The Hall–Kier alpha value is -1.02. The number of benzene rings is 1. The molecule has 7 heteroatoms. The predicted octanol–water partition coefficient (Wildman–Crippen LogP) is 1.06. The average molecular weight is 315 g/mol. The van der Waals surface area contributed by atoms with Gasteiger partial charge in [-0.1, -0.05) is 6.07 Å². The molecule has 0 aliphatic carbocycles. The molecule has 1 saturated heterocycles. The Morgan fingerprint density at radius 2 is 1.76 bits per heavy atom. The van der Waals surface area contributed by atoms with E-state index in [1.165, 1.54) is 34.8 Å². The third-order valence-electron chi connectivity index (χ3n) is 3.63. The fourth-order valence-corrected chi connectivity index (χ4v) is 3.60. The second kappa shape index (κ2) is 6.39. The number of piperazine rings is 1. The van der Waals surface area contributed by atoms with Gasteiger partial charge in [-0.25, -0.2) is 4.39 Å². The van der Waals surface area contributed by atoms with Crippen LogP contribution in [0.5, 0.6) is 0 Å². The first-order chi connectivity index (χ1) is 9.79. The molecule has 1 heterocycles. The van der Waals surface area contributed by atoms with E-state index in [-0.39, 0.29) is 5.82 Å². The van der Waals surface area contributed by atoms with Crippen LogP contribution in [0.15, 0.2) is 18.2 Å². The third-order valence-corrected chi connectivity index (χ3v) is 5.57. The van der Waals surface area contributed by atoms with Crippen molar-refractivity contribution < 1.29 is 12.8 Å². The van der Waals surface area contributed by atoms with Gasteiger partial charge in [-0.15, -0.1) is 0 Å². The summed E-state index contributed by atoms with van der Waals surface area (Å²) < 4.78 is 40.1. The summed E-state index contributed by atoms with van der Waals surface area (Å²) in [5.41, 5.74) is 1.83. The molecule has 0 unspecified atom stereocenters. The summed E-state index contributed by atoms with van der Waals surface area (Å²) in [5, 5.41) is 0. The van der Waals surface area contributed by atoms with Gasteiger partial charge in [-0.2, -0.15) is 17.0 Å². The van der Waals surface area contributed by atoms with E-state index in [1.54, 1.807) is 0 Å². The average Bonchev–Trinajstić information content (AvgIpc) is 2.37. The van der Waals surface area contributed by atoms with Gasteiger partial charge < -0.3 is 0 Å². The largest absolute Gasteiger partial charge is 0.296 e. The Balaban J connectivity index is 1.96. The van der Waals surface area contributed by atoms with Crippen molar-refractivity contribution >= 4 is 10.2 Å². The number of hydrogen-bond acceptors (Lipinski definition) is 3. The molecular formula is C14H22FN3O2S. The molecule has 0 N–H and O–H groups in total. The molecule has 1 fully saturated rings. The molecule has 0 aromatic heterocycles. The zero-order valence-corrected chi connectivity index (χ0v) is 13.5. The SMILES string of the molecule is Cc1cc(F)cc(CN2CCN(S(=O)(=O)N(C)C)CC2)c1. The summed E-state index contributed by atoms with van der Waals surface area (Å²) in [6.45, 7) is 4.76. The summed E-state index contributed by atoms with van der Waals surface area (Å²) in [5.74, 6) is -0.223. The standard InChI is InChI=1S/C14H22FN3O2S/c1-12-8-13(10-14(15)9-12)11-17-4-6-18(7-5-17)21(19,20)16(2)3/h8-10H,4-7,11H2,1-3H3. The number of rotatable bonds is 4. The topological polar surface area (TPSA) is 43.9 Å². The van der Waals surface area contributed by atoms with Gasteiger partial charge in [0.1, 0.15) is 5.82 Å². The minimum absolute atomic E-state index is 0.223. The molecule has 5 nitrogen and oxygen atoms in total. The highest BCUT2D eigenvalue weighted by Crippen LogP contribution is 2.14. The van der Waals surface area contributed by atoms with Crippen LogP contribution in [0, 0.1) is 12.7 Å². The number of aryl methyl sites for hydroxylation is 1. The Kier molecular flexibility index (Phi) is 4.98. The van der Waals surface area contributed by atoms with Crippen LogP contribution in [0.25, 0.3) is 0 Å². The van der Waals surface area contributed by atoms with Gasteiger partial charge in [0.05, 0.1) is 0 Å². The molecule has 0 saturated carbocycles. The lowest BCUT2D eigenvalue weighted by atomic mass is 10.1. The molecule has 1 aliphatic heterocycles. The van der Waals surface area contributed by atoms with Gasteiger partial charge in [0.15, 0.2) is 0 Å². The summed E-state index contributed by atoms with van der Waals surface area (Å²) in [6.07, 6.45) is 0. The molecule has 2 rings (SSSR count). The number of nitrogens with zero attached hydrogens (tertiary/aromatic N) is 3. The van der Waals surface area contributed by atoms with Crippen LogP contribution in [0.3, 0.4) is 0 Å². The molecule has 0 radical (unpaired) electrons. The molecule has 118 valence electrons. The van der Waals surface area contributed by atoms with Crippen LogP contribution in [0.4, 0.5) is 4.39 Å². The minimum atomic E-state index is -3.33. The maximum absolute atomic E-state index is 13.4. The second-order valence-corrected chi connectivity index (χ2v) is 7.74. The first kappa shape index (κ1) is 16.4. The first-order valence-electron chi connectivity index (χ1n) is 6.95. The van der Waals surface area contributed by atoms with Gasteiger partial charge in [0.25, 0.3) is 10.2 Å². The zero-order chi connectivity index (χ0) is 15.6. The fraction of sp³-hybridized carbons (Fsp3) is 0.571. The number of halogens is 1. The van der Waals surface area contributed by atoms with E-state index in [0.29, 0.717) is 32.7 Å². The van der Waals surface area contributed by atoms with Crippen LogP contribution in [-0.2, 0) is 16.8 Å². The summed E-state index contributed by atoms with van der Waals surface area (Å²) in [4.78, 5) is 2.15. The Morgan fingerprint density at radius 1 is 1.14 bits per heavy atom. The molecule has 1 aliphatic rings. The third kappa shape index (κ3) is 4.00. The van der Waals surface area contributed by atoms with E-state index in [2.05, 4.69) is 4.90 Å². The highest BCUT2D eigenvalue weighted by Gasteiger charge is 2.28. The lowest BCUT2D eigenvalue weighted by Crippen LogP contribution is -2.51. The Morgan fingerprint density at radius 3 is 2.29 bits per heavy atom. The molecule has 1 aromatic rings. The zero-order valence-electron chi connectivity index (χ0n) is 12.7. The van der Waals surface area contributed by atoms with Crippen molar-refractivity contribution in [3.05, 3.63) is 35.1 Å². The van der Waals surface area contributed by atoms with E-state index in [9.17, 15) is 12.8 Å². The lowest BCUT2D eigenvalue weighted by molar-refractivity contribution is 0.177. The van der Waals surface area contributed by atoms with E-state index >= 15 is 0 Å². The van der Waals surface area contributed by atoms with Crippen molar-refractivity contribution in [1.82, 2.24) is 13.5 Å². The maximum atomic E-state index is 13.4. The molecule has 1 aromatic carbocycles. The Bertz CT molecular complexity index is 576. The first-order valence-corrected chi connectivity index (χ1v) is 8.35. The van der Waals surface area contributed by atoms with Gasteiger partial charge >= 0.3 is 0 Å². The van der Waals surface area contributed by atoms with Gasteiger partial charge in [0.2, 0.25) is 0 Å². The van der Waals surface area contributed by atoms with Crippen LogP contribution >= 0.6 is 0 Å². The molecular weight excluding hydrogens is 293 g/mol. The van der Waals surface area contributed by atoms with Crippen molar-refractivity contribution in [2.75, 3.05) is 40.3 Å². The quantitative estimate of drug-likeness (QED) is 0.834. The van der Waals surface area contributed by atoms with Crippen LogP contribution in [0.2, 0.25) is 0 Å². The summed E-state index contributed by atoms with van der Waals surface area (Å²) in [6, 6.07) is 5.01. The van der Waals surface area contributed by atoms with Crippen molar-refractivity contribution in [3.8, 4) is 0 Å². The van der Waals surface area contributed by atoms with Crippen LogP contribution in [0.1, 0.15) is 11.1 Å². The van der Waals surface area contributed by atoms with Crippen molar-refractivity contribution in [2.45, 2.75) is 13.5 Å². The highest BCUT2D eigenvalue weighted by molar-refractivity contribution is 7.86. The van der Waals surface area contributed by atoms with E-state index < -0.39 is 10.2 Å². The Labute approximate surface area is 126 Å². The predicted molar refractivity (Wildman–Crippen MR) is 80.6 cm³/mol. The van der Waals surface area contributed by atoms with Crippen molar-refractivity contribution in [2.24, 2.45) is 0 Å². The lowest BCUT2D eigenvalue weighted by Gasteiger charge is -2.35. The molecule has 0 atom stereocenters. The van der Waals surface area contributed by atoms with Gasteiger partial charge in [-0.05, 0) is 30.2 Å². The van der Waals surface area contributed by atoms with Crippen molar-refractivity contribution in [3.63, 3.8) is 0 Å². The fourth-order valence-electron chi connectivity index (χ4n) is 2.51. The van der Waals surface area contributed by atoms with E-state index in [1.807, 2.05) is 13.0 Å². The number of hydrogen-bond donors (Lipinski definition) is 0. The maximum Gasteiger partial charge on any atom is 0.281 e. The van der Waals surface area contributed by atoms with E-state index in [0.717, 1.165) is 11.1 Å². The summed E-state index contributed by atoms with van der Waals surface area (Å²) >= 11 is 0. The van der Waals surface area contributed by atoms with E-state index in [4.69, 9.17) is 0 Å². The molecule has 0 amide bonds. The molecule has 0 spiro atoms.